The molecule has 3 aromatic rings. The van der Waals surface area contributed by atoms with Crippen molar-refractivity contribution in [1.29, 1.82) is 0 Å². The molecule has 1 aliphatic heterocycles. The average Bonchev–Trinajstić information content (AvgIpc) is 3.52. The topological polar surface area (TPSA) is 56.8 Å². The van der Waals surface area contributed by atoms with Gasteiger partial charge in [0, 0.05) is 18.5 Å². The minimum Gasteiger partial charge on any atom is -0.493 e. The summed E-state index contributed by atoms with van der Waals surface area (Å²) in [5.41, 5.74) is 4.04. The van der Waals surface area contributed by atoms with E-state index in [2.05, 4.69) is 17.4 Å². The van der Waals surface area contributed by atoms with Gasteiger partial charge in [-0.1, -0.05) is 54.6 Å². The smallest absolute Gasteiger partial charge is 0.230 e. The molecule has 2 aliphatic rings. The van der Waals surface area contributed by atoms with Crippen LogP contribution in [0.1, 0.15) is 35.1 Å². The zero-order valence-corrected chi connectivity index (χ0v) is 18.9. The predicted octanol–water partition coefficient (Wildman–Crippen LogP) is 4.60. The normalized spacial score (nSPS) is 15.3. The SMILES string of the molecule is COc1cc(CCNC(=O)C2(c3cccc4c3OCC4)CC2)ccc1OCc1ccccc1. The molecule has 0 saturated heterocycles. The molecule has 1 N–H and O–H groups in total. The summed E-state index contributed by atoms with van der Waals surface area (Å²) in [5, 5.41) is 3.16. The van der Waals surface area contributed by atoms with Gasteiger partial charge in [-0.15, -0.1) is 0 Å². The number of hydrogen-bond donors (Lipinski definition) is 1. The molecule has 1 aliphatic carbocycles. The van der Waals surface area contributed by atoms with Gasteiger partial charge in [-0.05, 0) is 48.1 Å². The number of carbonyl (C=O) groups is 1. The number of methoxy groups -OCH3 is 1. The van der Waals surface area contributed by atoms with E-state index in [0.29, 0.717) is 31.3 Å². The van der Waals surface area contributed by atoms with E-state index in [1.165, 1.54) is 5.56 Å². The lowest BCUT2D eigenvalue weighted by Crippen LogP contribution is -2.36. The second-order valence-electron chi connectivity index (χ2n) is 8.74. The van der Waals surface area contributed by atoms with Gasteiger partial charge >= 0.3 is 0 Å². The van der Waals surface area contributed by atoms with Gasteiger partial charge in [0.2, 0.25) is 5.91 Å². The Morgan fingerprint density at radius 1 is 1.00 bits per heavy atom. The number of fused-ring (bicyclic) bond motifs is 1. The third-order valence-corrected chi connectivity index (χ3v) is 6.58. The molecule has 5 nitrogen and oxygen atoms in total. The molecule has 0 aromatic heterocycles. The van der Waals surface area contributed by atoms with Crippen LogP contribution in [-0.4, -0.2) is 26.2 Å². The van der Waals surface area contributed by atoms with E-state index in [0.717, 1.165) is 48.1 Å². The monoisotopic (exact) mass is 443 g/mol. The molecule has 1 saturated carbocycles. The molecule has 33 heavy (non-hydrogen) atoms. The number of benzene rings is 3. The lowest BCUT2D eigenvalue weighted by atomic mass is 9.92. The van der Waals surface area contributed by atoms with Crippen molar-refractivity contribution in [3.8, 4) is 17.2 Å². The van der Waals surface area contributed by atoms with Crippen molar-refractivity contribution in [2.45, 2.75) is 37.7 Å². The van der Waals surface area contributed by atoms with Gasteiger partial charge in [0.1, 0.15) is 12.4 Å². The number of amides is 1. The molecule has 0 atom stereocenters. The lowest BCUT2D eigenvalue weighted by molar-refractivity contribution is -0.123. The molecular formula is C28H29NO4. The highest BCUT2D eigenvalue weighted by Crippen LogP contribution is 2.53. The molecule has 1 heterocycles. The largest absolute Gasteiger partial charge is 0.493 e. The number of ether oxygens (including phenoxy) is 3. The molecule has 0 spiro atoms. The van der Waals surface area contributed by atoms with Crippen molar-refractivity contribution in [3.05, 3.63) is 89.0 Å². The highest BCUT2D eigenvalue weighted by Gasteiger charge is 2.53. The Hall–Kier alpha value is -3.47. The third kappa shape index (κ3) is 4.40. The maximum atomic E-state index is 13.1. The summed E-state index contributed by atoms with van der Waals surface area (Å²) < 4.78 is 17.3. The van der Waals surface area contributed by atoms with Crippen LogP contribution < -0.4 is 19.5 Å². The second kappa shape index (κ2) is 9.18. The average molecular weight is 444 g/mol. The Kier molecular flexibility index (Phi) is 5.95. The van der Waals surface area contributed by atoms with Crippen LogP contribution in [0.4, 0.5) is 0 Å². The summed E-state index contributed by atoms with van der Waals surface area (Å²) in [6, 6.07) is 22.2. The fourth-order valence-corrected chi connectivity index (χ4v) is 4.55. The van der Waals surface area contributed by atoms with Crippen LogP contribution >= 0.6 is 0 Å². The first-order chi connectivity index (χ1) is 16.2. The van der Waals surface area contributed by atoms with Crippen molar-refractivity contribution in [1.82, 2.24) is 5.32 Å². The number of nitrogens with one attached hydrogen (secondary N) is 1. The molecule has 0 bridgehead atoms. The van der Waals surface area contributed by atoms with Gasteiger partial charge in [-0.25, -0.2) is 0 Å². The predicted molar refractivity (Wildman–Crippen MR) is 127 cm³/mol. The number of hydrogen-bond acceptors (Lipinski definition) is 4. The zero-order chi connectivity index (χ0) is 22.7. The fraction of sp³-hybridized carbons (Fsp3) is 0.321. The minimum absolute atomic E-state index is 0.0983. The zero-order valence-electron chi connectivity index (χ0n) is 18.9. The van der Waals surface area contributed by atoms with Crippen LogP contribution in [0, 0.1) is 0 Å². The third-order valence-electron chi connectivity index (χ3n) is 6.58. The molecule has 5 rings (SSSR count). The number of para-hydroxylation sites is 1. The van der Waals surface area contributed by atoms with E-state index in [1.807, 2.05) is 54.6 Å². The maximum Gasteiger partial charge on any atom is 0.230 e. The summed E-state index contributed by atoms with van der Waals surface area (Å²) in [6.45, 7) is 1.77. The van der Waals surface area contributed by atoms with Gasteiger partial charge in [-0.3, -0.25) is 4.79 Å². The van der Waals surface area contributed by atoms with Gasteiger partial charge in [0.25, 0.3) is 0 Å². The summed E-state index contributed by atoms with van der Waals surface area (Å²) in [5.74, 6) is 2.44. The van der Waals surface area contributed by atoms with Gasteiger partial charge < -0.3 is 19.5 Å². The Balaban J connectivity index is 1.19. The highest BCUT2D eigenvalue weighted by molar-refractivity contribution is 5.92. The summed E-state index contributed by atoms with van der Waals surface area (Å²) in [4.78, 5) is 13.1. The van der Waals surface area contributed by atoms with E-state index in [9.17, 15) is 4.79 Å². The van der Waals surface area contributed by atoms with E-state index < -0.39 is 5.41 Å². The molecule has 3 aromatic carbocycles. The molecule has 5 heteroatoms. The molecule has 0 unspecified atom stereocenters. The van der Waals surface area contributed by atoms with Crippen LogP contribution in [-0.2, 0) is 29.7 Å². The van der Waals surface area contributed by atoms with Gasteiger partial charge in [0.15, 0.2) is 11.5 Å². The van der Waals surface area contributed by atoms with E-state index in [1.54, 1.807) is 7.11 Å². The van der Waals surface area contributed by atoms with E-state index in [-0.39, 0.29) is 5.91 Å². The first-order valence-corrected chi connectivity index (χ1v) is 11.6. The van der Waals surface area contributed by atoms with E-state index in [4.69, 9.17) is 14.2 Å². The first-order valence-electron chi connectivity index (χ1n) is 11.6. The summed E-state index contributed by atoms with van der Waals surface area (Å²) in [7, 11) is 1.65. The second-order valence-corrected chi connectivity index (χ2v) is 8.74. The van der Waals surface area contributed by atoms with Gasteiger partial charge in [-0.2, -0.15) is 0 Å². The minimum atomic E-state index is -0.428. The van der Waals surface area contributed by atoms with Crippen LogP contribution in [0.5, 0.6) is 17.2 Å². The molecule has 0 radical (unpaired) electrons. The van der Waals surface area contributed by atoms with Crippen molar-refractivity contribution in [2.75, 3.05) is 20.3 Å². The lowest BCUT2D eigenvalue weighted by Gasteiger charge is -2.18. The van der Waals surface area contributed by atoms with Crippen molar-refractivity contribution in [2.24, 2.45) is 0 Å². The number of carbonyl (C=O) groups excluding carboxylic acids is 1. The number of rotatable bonds is 9. The van der Waals surface area contributed by atoms with Crippen molar-refractivity contribution >= 4 is 5.91 Å². The van der Waals surface area contributed by atoms with Crippen LogP contribution in [0.2, 0.25) is 0 Å². The van der Waals surface area contributed by atoms with Gasteiger partial charge in [0.05, 0.1) is 19.1 Å². The first kappa shape index (κ1) is 21.4. The molecule has 1 amide bonds. The maximum absolute atomic E-state index is 13.1. The quantitative estimate of drug-likeness (QED) is 0.525. The van der Waals surface area contributed by atoms with Crippen molar-refractivity contribution < 1.29 is 19.0 Å². The Morgan fingerprint density at radius 3 is 2.64 bits per heavy atom. The Labute approximate surface area is 194 Å². The fourth-order valence-electron chi connectivity index (χ4n) is 4.55. The van der Waals surface area contributed by atoms with Crippen molar-refractivity contribution in [3.63, 3.8) is 0 Å². The molecule has 170 valence electrons. The standard InChI is InChI=1S/C28H29NO4/c1-31-25-18-20(10-11-24(25)33-19-21-6-3-2-4-7-21)12-16-29-27(30)28(14-15-28)23-9-5-8-22-13-17-32-26(22)23/h2-11,18H,12-17,19H2,1H3,(H,29,30). The van der Waals surface area contributed by atoms with Crippen LogP contribution in [0.15, 0.2) is 66.7 Å². The van der Waals surface area contributed by atoms with Crippen LogP contribution in [0.3, 0.4) is 0 Å². The highest BCUT2D eigenvalue weighted by atomic mass is 16.5. The molecular weight excluding hydrogens is 414 g/mol. The van der Waals surface area contributed by atoms with Crippen LogP contribution in [0.25, 0.3) is 0 Å². The Morgan fingerprint density at radius 2 is 1.85 bits per heavy atom. The Bertz CT molecular complexity index is 1140. The molecule has 1 fully saturated rings. The summed E-state index contributed by atoms with van der Waals surface area (Å²) in [6.07, 6.45) is 3.40. The van der Waals surface area contributed by atoms with E-state index >= 15 is 0 Å². The summed E-state index contributed by atoms with van der Waals surface area (Å²) >= 11 is 0.